The summed E-state index contributed by atoms with van der Waals surface area (Å²) >= 11 is 0. The van der Waals surface area contributed by atoms with Gasteiger partial charge in [0.15, 0.2) is 0 Å². The molecular formula is C21H25FN4O. The SMILES string of the molecule is Nc1ncc(-c2ccc(F)cc2)c(C2CCCCN2C(=O)C2CCCC2)n1. The topological polar surface area (TPSA) is 72.1 Å². The zero-order chi connectivity index (χ0) is 18.8. The average molecular weight is 368 g/mol. The average Bonchev–Trinajstić information content (AvgIpc) is 3.23. The molecule has 1 aromatic carbocycles. The van der Waals surface area contributed by atoms with Crippen LogP contribution in [0.4, 0.5) is 10.3 Å². The first-order valence-corrected chi connectivity index (χ1v) is 9.82. The number of amides is 1. The Morgan fingerprint density at radius 1 is 1.07 bits per heavy atom. The first-order valence-electron chi connectivity index (χ1n) is 9.82. The van der Waals surface area contributed by atoms with E-state index in [0.29, 0.717) is 0 Å². The van der Waals surface area contributed by atoms with Crippen molar-refractivity contribution in [1.29, 1.82) is 0 Å². The molecule has 2 N–H and O–H groups in total. The van der Waals surface area contributed by atoms with Gasteiger partial charge in [0, 0.05) is 24.2 Å². The van der Waals surface area contributed by atoms with E-state index >= 15 is 0 Å². The maximum Gasteiger partial charge on any atom is 0.226 e. The highest BCUT2D eigenvalue weighted by Gasteiger charge is 2.35. The smallest absolute Gasteiger partial charge is 0.226 e. The largest absolute Gasteiger partial charge is 0.368 e. The molecule has 0 bridgehead atoms. The first-order chi connectivity index (χ1) is 13.1. The van der Waals surface area contributed by atoms with Gasteiger partial charge in [0.05, 0.1) is 11.7 Å². The quantitative estimate of drug-likeness (QED) is 0.885. The van der Waals surface area contributed by atoms with Crippen molar-refractivity contribution in [3.05, 3.63) is 42.0 Å². The van der Waals surface area contributed by atoms with Gasteiger partial charge in [-0.3, -0.25) is 4.79 Å². The number of nitrogen functional groups attached to an aromatic ring is 1. The molecule has 1 saturated heterocycles. The lowest BCUT2D eigenvalue weighted by Crippen LogP contribution is -2.42. The van der Waals surface area contributed by atoms with Crippen LogP contribution in [0.3, 0.4) is 0 Å². The molecular weight excluding hydrogens is 343 g/mol. The standard InChI is InChI=1S/C21H25FN4O/c22-16-10-8-14(9-11-16)17-13-24-21(23)25-19(17)18-7-3-4-12-26(18)20(27)15-5-1-2-6-15/h8-11,13,15,18H,1-7,12H2,(H2,23,24,25). The Morgan fingerprint density at radius 2 is 1.78 bits per heavy atom. The molecule has 0 spiro atoms. The number of benzene rings is 1. The van der Waals surface area contributed by atoms with Crippen LogP contribution >= 0.6 is 0 Å². The molecule has 1 aliphatic heterocycles. The molecule has 6 heteroatoms. The maximum atomic E-state index is 13.4. The third-order valence-corrected chi connectivity index (χ3v) is 5.80. The molecule has 1 amide bonds. The first kappa shape index (κ1) is 17.9. The second kappa shape index (κ2) is 7.62. The van der Waals surface area contributed by atoms with E-state index in [2.05, 4.69) is 9.97 Å². The van der Waals surface area contributed by atoms with Gasteiger partial charge in [-0.1, -0.05) is 25.0 Å². The van der Waals surface area contributed by atoms with E-state index in [4.69, 9.17) is 5.73 Å². The lowest BCUT2D eigenvalue weighted by Gasteiger charge is -2.37. The van der Waals surface area contributed by atoms with Crippen molar-refractivity contribution in [2.75, 3.05) is 12.3 Å². The fourth-order valence-electron chi connectivity index (χ4n) is 4.40. The van der Waals surface area contributed by atoms with E-state index in [1.807, 2.05) is 4.90 Å². The number of nitrogens with zero attached hydrogens (tertiary/aromatic N) is 3. The summed E-state index contributed by atoms with van der Waals surface area (Å²) in [4.78, 5) is 23.9. The van der Waals surface area contributed by atoms with Gasteiger partial charge >= 0.3 is 0 Å². The molecule has 2 heterocycles. The van der Waals surface area contributed by atoms with Crippen LogP contribution in [0, 0.1) is 11.7 Å². The van der Waals surface area contributed by atoms with Gasteiger partial charge in [-0.15, -0.1) is 0 Å². The summed E-state index contributed by atoms with van der Waals surface area (Å²) in [6, 6.07) is 6.20. The molecule has 1 aliphatic carbocycles. The van der Waals surface area contributed by atoms with Crippen LogP contribution in [0.2, 0.25) is 0 Å². The number of anilines is 1. The van der Waals surface area contributed by atoms with Crippen LogP contribution < -0.4 is 5.73 Å². The molecule has 1 unspecified atom stereocenters. The van der Waals surface area contributed by atoms with Crippen molar-refractivity contribution in [3.63, 3.8) is 0 Å². The van der Waals surface area contributed by atoms with Crippen LogP contribution in [0.1, 0.15) is 56.7 Å². The molecule has 142 valence electrons. The van der Waals surface area contributed by atoms with Gasteiger partial charge in [-0.25, -0.2) is 14.4 Å². The van der Waals surface area contributed by atoms with E-state index in [1.165, 1.54) is 12.1 Å². The van der Waals surface area contributed by atoms with Crippen LogP contribution in [0.5, 0.6) is 0 Å². The number of aromatic nitrogens is 2. The number of carbonyl (C=O) groups excluding carboxylic acids is 1. The van der Waals surface area contributed by atoms with Crippen molar-refractivity contribution < 1.29 is 9.18 Å². The number of hydrogen-bond acceptors (Lipinski definition) is 4. The Hall–Kier alpha value is -2.50. The Bertz CT molecular complexity index is 817. The number of carbonyl (C=O) groups is 1. The highest BCUT2D eigenvalue weighted by atomic mass is 19.1. The molecule has 27 heavy (non-hydrogen) atoms. The van der Waals surface area contributed by atoms with Crippen LogP contribution in [0.25, 0.3) is 11.1 Å². The fraction of sp³-hybridized carbons (Fsp3) is 0.476. The van der Waals surface area contributed by atoms with Crippen molar-refractivity contribution in [2.24, 2.45) is 5.92 Å². The number of halogens is 1. The predicted molar refractivity (Wildman–Crippen MR) is 102 cm³/mol. The number of likely N-dealkylation sites (tertiary alicyclic amines) is 1. The molecule has 4 rings (SSSR count). The second-order valence-corrected chi connectivity index (χ2v) is 7.56. The predicted octanol–water partition coefficient (Wildman–Crippen LogP) is 4.11. The van der Waals surface area contributed by atoms with E-state index in [1.54, 1.807) is 18.3 Å². The van der Waals surface area contributed by atoms with Crippen LogP contribution in [-0.2, 0) is 4.79 Å². The third kappa shape index (κ3) is 3.66. The summed E-state index contributed by atoms with van der Waals surface area (Å²) in [6.07, 6.45) is 8.86. The minimum absolute atomic E-state index is 0.0998. The zero-order valence-electron chi connectivity index (χ0n) is 15.4. The molecule has 2 aliphatic rings. The summed E-state index contributed by atoms with van der Waals surface area (Å²) in [5, 5.41) is 0. The Balaban J connectivity index is 1.72. The third-order valence-electron chi connectivity index (χ3n) is 5.80. The van der Waals surface area contributed by atoms with Gasteiger partial charge in [0.2, 0.25) is 11.9 Å². The molecule has 2 aromatic rings. The van der Waals surface area contributed by atoms with E-state index in [0.717, 1.165) is 68.3 Å². The minimum atomic E-state index is -0.285. The molecule has 5 nitrogen and oxygen atoms in total. The van der Waals surface area contributed by atoms with Crippen molar-refractivity contribution >= 4 is 11.9 Å². The molecule has 1 aromatic heterocycles. The highest BCUT2D eigenvalue weighted by Crippen LogP contribution is 2.38. The number of piperidine rings is 1. The number of hydrogen-bond donors (Lipinski definition) is 1. The molecule has 1 saturated carbocycles. The Kier molecular flexibility index (Phi) is 5.05. The molecule has 0 radical (unpaired) electrons. The van der Waals surface area contributed by atoms with Crippen molar-refractivity contribution in [1.82, 2.24) is 14.9 Å². The van der Waals surface area contributed by atoms with Crippen molar-refractivity contribution in [2.45, 2.75) is 51.0 Å². The minimum Gasteiger partial charge on any atom is -0.368 e. The van der Waals surface area contributed by atoms with Gasteiger partial charge < -0.3 is 10.6 Å². The number of rotatable bonds is 3. The number of nitrogens with two attached hydrogens (primary N) is 1. The van der Waals surface area contributed by atoms with Crippen LogP contribution in [-0.4, -0.2) is 27.3 Å². The summed E-state index contributed by atoms with van der Waals surface area (Å²) in [7, 11) is 0. The highest BCUT2D eigenvalue weighted by molar-refractivity contribution is 5.80. The van der Waals surface area contributed by atoms with Crippen molar-refractivity contribution in [3.8, 4) is 11.1 Å². The zero-order valence-corrected chi connectivity index (χ0v) is 15.4. The second-order valence-electron chi connectivity index (χ2n) is 7.56. The molecule has 2 fully saturated rings. The van der Waals surface area contributed by atoms with E-state index in [9.17, 15) is 9.18 Å². The van der Waals surface area contributed by atoms with Crippen LogP contribution in [0.15, 0.2) is 30.5 Å². The Labute approximate surface area is 158 Å². The lowest BCUT2D eigenvalue weighted by molar-refractivity contribution is -0.139. The van der Waals surface area contributed by atoms with E-state index < -0.39 is 0 Å². The summed E-state index contributed by atoms with van der Waals surface area (Å²) in [5.74, 6) is 0.306. The van der Waals surface area contributed by atoms with Gasteiger partial charge in [0.1, 0.15) is 5.82 Å². The summed E-state index contributed by atoms with van der Waals surface area (Å²) in [5.41, 5.74) is 8.33. The fourth-order valence-corrected chi connectivity index (χ4v) is 4.40. The monoisotopic (exact) mass is 368 g/mol. The summed E-state index contributed by atoms with van der Waals surface area (Å²) < 4.78 is 13.4. The van der Waals surface area contributed by atoms with Gasteiger partial charge in [-0.2, -0.15) is 0 Å². The molecule has 1 atom stereocenters. The van der Waals surface area contributed by atoms with Gasteiger partial charge in [-0.05, 0) is 49.8 Å². The van der Waals surface area contributed by atoms with Gasteiger partial charge in [0.25, 0.3) is 0 Å². The van der Waals surface area contributed by atoms with E-state index in [-0.39, 0.29) is 29.6 Å². The lowest BCUT2D eigenvalue weighted by atomic mass is 9.92. The summed E-state index contributed by atoms with van der Waals surface area (Å²) in [6.45, 7) is 0.757. The Morgan fingerprint density at radius 3 is 2.52 bits per heavy atom. The normalized spacial score (nSPS) is 20.8. The maximum absolute atomic E-state index is 13.4.